The van der Waals surface area contributed by atoms with Crippen molar-refractivity contribution in [3.63, 3.8) is 0 Å². The van der Waals surface area contributed by atoms with Crippen molar-refractivity contribution in [2.45, 2.75) is 0 Å². The Balaban J connectivity index is 1.85. The van der Waals surface area contributed by atoms with Crippen LogP contribution in [0, 0.1) is 0 Å². The molecule has 0 radical (unpaired) electrons. The Kier molecular flexibility index (Phi) is 5.16. The van der Waals surface area contributed by atoms with Crippen molar-refractivity contribution in [2.75, 3.05) is 26.5 Å². The highest BCUT2D eigenvalue weighted by Crippen LogP contribution is 2.24. The largest absolute Gasteiger partial charge is 0.496 e. The number of carbonyl (C=O) groups excluding carboxylic acids is 2. The van der Waals surface area contributed by atoms with Crippen LogP contribution in [0.4, 0.5) is 5.69 Å². The molecule has 0 bridgehead atoms. The van der Waals surface area contributed by atoms with Crippen LogP contribution in [0.1, 0.15) is 20.7 Å². The zero-order chi connectivity index (χ0) is 19.4. The van der Waals surface area contributed by atoms with Gasteiger partial charge in [-0.05, 0) is 36.4 Å². The Labute approximate surface area is 156 Å². The molecule has 1 aromatic heterocycles. The smallest absolute Gasteiger partial charge is 0.257 e. The first-order chi connectivity index (χ1) is 13.0. The van der Waals surface area contributed by atoms with Gasteiger partial charge in [0.1, 0.15) is 18.4 Å². The summed E-state index contributed by atoms with van der Waals surface area (Å²) in [6.45, 7) is 0. The molecule has 0 spiro atoms. The number of hydrogen-bond donors (Lipinski definition) is 1. The number of rotatable bonds is 5. The van der Waals surface area contributed by atoms with E-state index in [0.717, 1.165) is 5.69 Å². The van der Waals surface area contributed by atoms with Crippen LogP contribution in [0.5, 0.6) is 5.75 Å². The number of anilines is 1. The minimum absolute atomic E-state index is 0.211. The number of amides is 2. The monoisotopic (exact) mass is 365 g/mol. The van der Waals surface area contributed by atoms with Gasteiger partial charge in [0, 0.05) is 31.0 Å². The zero-order valence-electron chi connectivity index (χ0n) is 15.2. The van der Waals surface area contributed by atoms with Gasteiger partial charge in [0.15, 0.2) is 0 Å². The van der Waals surface area contributed by atoms with Crippen molar-refractivity contribution >= 4 is 17.5 Å². The molecule has 27 heavy (non-hydrogen) atoms. The van der Waals surface area contributed by atoms with Gasteiger partial charge in [-0.3, -0.25) is 14.2 Å². The Morgan fingerprint density at radius 3 is 2.48 bits per heavy atom. The van der Waals surface area contributed by atoms with E-state index in [9.17, 15) is 9.59 Å². The van der Waals surface area contributed by atoms with E-state index in [4.69, 9.17) is 4.74 Å². The number of benzene rings is 2. The van der Waals surface area contributed by atoms with Gasteiger partial charge in [0.2, 0.25) is 0 Å². The van der Waals surface area contributed by atoms with E-state index in [-0.39, 0.29) is 11.8 Å². The van der Waals surface area contributed by atoms with E-state index in [1.54, 1.807) is 67.7 Å². The maximum atomic E-state index is 12.6. The Morgan fingerprint density at radius 2 is 1.81 bits per heavy atom. The van der Waals surface area contributed by atoms with Gasteiger partial charge in [-0.1, -0.05) is 6.07 Å². The van der Waals surface area contributed by atoms with Crippen LogP contribution < -0.4 is 10.1 Å². The standard InChI is InChI=1S/C19H19N5O3/c1-23(2)19(26)16-10-14(7-8-17(16)27-3)22-18(25)13-5-4-6-15(9-13)24-11-20-21-12-24/h4-12H,1-3H3,(H,22,25). The predicted octanol–water partition coefficient (Wildman–Crippen LogP) is 2.23. The summed E-state index contributed by atoms with van der Waals surface area (Å²) < 4.78 is 6.95. The quantitative estimate of drug-likeness (QED) is 0.749. The van der Waals surface area contributed by atoms with Crippen LogP contribution in [-0.2, 0) is 0 Å². The summed E-state index contributed by atoms with van der Waals surface area (Å²) in [5.74, 6) is -0.0581. The highest BCUT2D eigenvalue weighted by molar-refractivity contribution is 6.05. The van der Waals surface area contributed by atoms with Crippen LogP contribution in [0.2, 0.25) is 0 Å². The lowest BCUT2D eigenvalue weighted by Gasteiger charge is -2.15. The molecule has 0 fully saturated rings. The molecule has 0 aliphatic heterocycles. The molecular weight excluding hydrogens is 346 g/mol. The van der Waals surface area contributed by atoms with Crippen LogP contribution in [0.25, 0.3) is 5.69 Å². The number of nitrogens with zero attached hydrogens (tertiary/aromatic N) is 4. The van der Waals surface area contributed by atoms with Crippen molar-refractivity contribution in [1.29, 1.82) is 0 Å². The topological polar surface area (TPSA) is 89.3 Å². The lowest BCUT2D eigenvalue weighted by atomic mass is 10.1. The molecule has 0 aliphatic rings. The van der Waals surface area contributed by atoms with E-state index in [2.05, 4.69) is 15.5 Å². The molecule has 1 heterocycles. The minimum Gasteiger partial charge on any atom is -0.496 e. The molecule has 0 atom stereocenters. The number of aromatic nitrogens is 3. The number of methoxy groups -OCH3 is 1. The van der Waals surface area contributed by atoms with Crippen molar-refractivity contribution in [3.05, 3.63) is 66.2 Å². The summed E-state index contributed by atoms with van der Waals surface area (Å²) in [6, 6.07) is 12.0. The number of nitrogens with one attached hydrogen (secondary N) is 1. The lowest BCUT2D eigenvalue weighted by Crippen LogP contribution is -2.22. The first-order valence-corrected chi connectivity index (χ1v) is 8.15. The van der Waals surface area contributed by atoms with Gasteiger partial charge in [-0.2, -0.15) is 0 Å². The maximum absolute atomic E-state index is 12.6. The van der Waals surface area contributed by atoms with Gasteiger partial charge in [-0.25, -0.2) is 0 Å². The summed E-state index contributed by atoms with van der Waals surface area (Å²) in [4.78, 5) is 26.4. The van der Waals surface area contributed by atoms with E-state index < -0.39 is 0 Å². The van der Waals surface area contributed by atoms with Crippen molar-refractivity contribution in [1.82, 2.24) is 19.7 Å². The van der Waals surface area contributed by atoms with E-state index in [0.29, 0.717) is 22.6 Å². The second-order valence-corrected chi connectivity index (χ2v) is 5.99. The summed E-state index contributed by atoms with van der Waals surface area (Å²) in [5.41, 5.74) is 2.11. The SMILES string of the molecule is COc1ccc(NC(=O)c2cccc(-n3cnnc3)c2)cc1C(=O)N(C)C. The molecule has 8 nitrogen and oxygen atoms in total. The third-order valence-electron chi connectivity index (χ3n) is 3.92. The fraction of sp³-hybridized carbons (Fsp3) is 0.158. The van der Waals surface area contributed by atoms with Crippen molar-refractivity contribution in [2.24, 2.45) is 0 Å². The number of hydrogen-bond acceptors (Lipinski definition) is 5. The zero-order valence-corrected chi connectivity index (χ0v) is 15.2. The summed E-state index contributed by atoms with van der Waals surface area (Å²) >= 11 is 0. The Hall–Kier alpha value is -3.68. The third kappa shape index (κ3) is 3.95. The number of ether oxygens (including phenoxy) is 1. The van der Waals surface area contributed by atoms with E-state index >= 15 is 0 Å². The molecule has 138 valence electrons. The first-order valence-electron chi connectivity index (χ1n) is 8.15. The normalized spacial score (nSPS) is 10.3. The predicted molar refractivity (Wildman–Crippen MR) is 100 cm³/mol. The molecule has 1 N–H and O–H groups in total. The second kappa shape index (κ2) is 7.69. The van der Waals surface area contributed by atoms with Crippen LogP contribution in [0.3, 0.4) is 0 Å². The second-order valence-electron chi connectivity index (χ2n) is 5.99. The minimum atomic E-state index is -0.293. The van der Waals surface area contributed by atoms with Gasteiger partial charge >= 0.3 is 0 Å². The highest BCUT2D eigenvalue weighted by Gasteiger charge is 2.16. The number of carbonyl (C=O) groups is 2. The lowest BCUT2D eigenvalue weighted by molar-refractivity contribution is 0.0824. The molecule has 8 heteroatoms. The Morgan fingerprint density at radius 1 is 1.07 bits per heavy atom. The average Bonchev–Trinajstić information content (AvgIpc) is 3.22. The molecule has 3 rings (SSSR count). The average molecular weight is 365 g/mol. The van der Waals surface area contributed by atoms with Crippen molar-refractivity contribution < 1.29 is 14.3 Å². The molecule has 0 saturated heterocycles. The van der Waals surface area contributed by atoms with E-state index in [1.807, 2.05) is 6.07 Å². The van der Waals surface area contributed by atoms with Crippen LogP contribution in [0.15, 0.2) is 55.1 Å². The van der Waals surface area contributed by atoms with Gasteiger partial charge in [-0.15, -0.1) is 10.2 Å². The van der Waals surface area contributed by atoms with Crippen LogP contribution >= 0.6 is 0 Å². The highest BCUT2D eigenvalue weighted by atomic mass is 16.5. The molecule has 2 aromatic carbocycles. The third-order valence-corrected chi connectivity index (χ3v) is 3.92. The molecule has 0 saturated carbocycles. The fourth-order valence-corrected chi connectivity index (χ4v) is 2.54. The van der Waals surface area contributed by atoms with Gasteiger partial charge in [0.05, 0.1) is 12.7 Å². The fourth-order valence-electron chi connectivity index (χ4n) is 2.54. The first kappa shape index (κ1) is 18.1. The molecule has 0 aliphatic carbocycles. The molecule has 0 unspecified atom stereocenters. The molecule has 3 aromatic rings. The maximum Gasteiger partial charge on any atom is 0.257 e. The van der Waals surface area contributed by atoms with E-state index in [1.165, 1.54) is 12.0 Å². The van der Waals surface area contributed by atoms with Gasteiger partial charge < -0.3 is 15.0 Å². The van der Waals surface area contributed by atoms with Crippen LogP contribution in [-0.4, -0.2) is 52.7 Å². The summed E-state index contributed by atoms with van der Waals surface area (Å²) in [5, 5.41) is 10.3. The van der Waals surface area contributed by atoms with Gasteiger partial charge in [0.25, 0.3) is 11.8 Å². The Bertz CT molecular complexity index is 967. The molecular formula is C19H19N5O3. The summed E-state index contributed by atoms with van der Waals surface area (Å²) in [6.07, 6.45) is 3.11. The molecule has 2 amide bonds. The summed E-state index contributed by atoms with van der Waals surface area (Å²) in [7, 11) is 4.81. The van der Waals surface area contributed by atoms with Crippen molar-refractivity contribution in [3.8, 4) is 11.4 Å².